The Balaban J connectivity index is 1.97. The molecule has 6 heteroatoms. The van der Waals surface area contributed by atoms with Gasteiger partial charge in [0.15, 0.2) is 5.13 Å². The highest BCUT2D eigenvalue weighted by Gasteiger charge is 2.09. The minimum absolute atomic E-state index is 0.162. The van der Waals surface area contributed by atoms with Gasteiger partial charge < -0.3 is 11.1 Å². The molecule has 0 saturated heterocycles. The van der Waals surface area contributed by atoms with Crippen LogP contribution in [0.25, 0.3) is 0 Å². The van der Waals surface area contributed by atoms with Crippen LogP contribution in [0.5, 0.6) is 0 Å². The maximum absolute atomic E-state index is 11.7. The molecule has 0 aliphatic rings. The molecule has 3 N–H and O–H groups in total. The zero-order chi connectivity index (χ0) is 13.0. The highest BCUT2D eigenvalue weighted by atomic mass is 32.1. The molecule has 0 unspecified atom stereocenters. The average Bonchev–Trinajstić information content (AvgIpc) is 2.78. The van der Waals surface area contributed by atoms with Crippen LogP contribution in [0.4, 0.5) is 5.13 Å². The lowest BCUT2D eigenvalue weighted by Gasteiger charge is -2.01. The normalized spacial score (nSPS) is 10.0. The number of hydrogen-bond acceptors (Lipinski definition) is 4. The predicted octanol–water partition coefficient (Wildman–Crippen LogP) is 1.42. The van der Waals surface area contributed by atoms with Crippen LogP contribution < -0.4 is 11.1 Å². The van der Waals surface area contributed by atoms with Crippen LogP contribution in [-0.4, -0.2) is 16.8 Å². The summed E-state index contributed by atoms with van der Waals surface area (Å²) < 4.78 is 0. The van der Waals surface area contributed by atoms with Crippen LogP contribution in [0.1, 0.15) is 16.1 Å². The van der Waals surface area contributed by atoms with Crippen molar-refractivity contribution in [1.29, 1.82) is 0 Å². The first-order valence-electron chi connectivity index (χ1n) is 5.24. The quantitative estimate of drug-likeness (QED) is 0.872. The molecule has 5 nitrogen and oxygen atoms in total. The van der Waals surface area contributed by atoms with Crippen LogP contribution in [-0.2, 0) is 11.2 Å². The first-order valence-corrected chi connectivity index (χ1v) is 6.12. The van der Waals surface area contributed by atoms with Crippen molar-refractivity contribution in [2.75, 3.05) is 5.32 Å². The van der Waals surface area contributed by atoms with E-state index >= 15 is 0 Å². The third-order valence-corrected chi connectivity index (χ3v) is 2.97. The van der Waals surface area contributed by atoms with Gasteiger partial charge in [-0.2, -0.15) is 0 Å². The minimum Gasteiger partial charge on any atom is -0.364 e. The molecular formula is C12H11N3O2S. The molecule has 0 radical (unpaired) electrons. The van der Waals surface area contributed by atoms with Crippen molar-refractivity contribution in [3.05, 3.63) is 47.0 Å². The van der Waals surface area contributed by atoms with Crippen LogP contribution >= 0.6 is 11.3 Å². The number of thiazole rings is 1. The van der Waals surface area contributed by atoms with Crippen molar-refractivity contribution < 1.29 is 9.59 Å². The van der Waals surface area contributed by atoms with Gasteiger partial charge in [-0.15, -0.1) is 11.3 Å². The standard InChI is InChI=1S/C12H11N3O2S/c13-11(17)9-7-18-12(14-9)15-10(16)6-8-4-2-1-3-5-8/h1-5,7H,6H2,(H2,13,17)(H,14,15,16). The summed E-state index contributed by atoms with van der Waals surface area (Å²) in [6.45, 7) is 0. The van der Waals surface area contributed by atoms with Crippen molar-refractivity contribution in [2.45, 2.75) is 6.42 Å². The number of benzene rings is 1. The lowest BCUT2D eigenvalue weighted by atomic mass is 10.1. The average molecular weight is 261 g/mol. The number of hydrogen-bond donors (Lipinski definition) is 2. The van der Waals surface area contributed by atoms with Crippen molar-refractivity contribution in [1.82, 2.24) is 4.98 Å². The summed E-state index contributed by atoms with van der Waals surface area (Å²) in [5.74, 6) is -0.777. The number of primary amides is 1. The summed E-state index contributed by atoms with van der Waals surface area (Å²) in [6, 6.07) is 9.38. The van der Waals surface area contributed by atoms with Gasteiger partial charge in [-0.1, -0.05) is 30.3 Å². The van der Waals surface area contributed by atoms with Gasteiger partial charge in [0.1, 0.15) is 5.69 Å². The maximum Gasteiger partial charge on any atom is 0.268 e. The fourth-order valence-corrected chi connectivity index (χ4v) is 2.10. The number of nitrogens with two attached hydrogens (primary N) is 1. The van der Waals surface area contributed by atoms with Gasteiger partial charge in [-0.05, 0) is 5.56 Å². The predicted molar refractivity (Wildman–Crippen MR) is 69.4 cm³/mol. The molecule has 2 amide bonds. The fraction of sp³-hybridized carbons (Fsp3) is 0.0833. The van der Waals surface area contributed by atoms with Gasteiger partial charge in [0.2, 0.25) is 5.91 Å². The van der Waals surface area contributed by atoms with E-state index in [1.807, 2.05) is 30.3 Å². The highest BCUT2D eigenvalue weighted by molar-refractivity contribution is 7.14. The zero-order valence-corrected chi connectivity index (χ0v) is 10.2. The molecule has 0 fully saturated rings. The fourth-order valence-electron chi connectivity index (χ4n) is 1.39. The van der Waals surface area contributed by atoms with E-state index in [-0.39, 0.29) is 18.0 Å². The van der Waals surface area contributed by atoms with Crippen LogP contribution in [0.15, 0.2) is 35.7 Å². The van der Waals surface area contributed by atoms with Gasteiger partial charge in [0.05, 0.1) is 6.42 Å². The topological polar surface area (TPSA) is 85.1 Å². The van der Waals surface area contributed by atoms with Crippen LogP contribution in [0.2, 0.25) is 0 Å². The molecule has 0 aliphatic heterocycles. The summed E-state index contributed by atoms with van der Waals surface area (Å²) >= 11 is 1.17. The van der Waals surface area contributed by atoms with Gasteiger partial charge in [0, 0.05) is 5.38 Å². The molecule has 0 bridgehead atoms. The Morgan fingerprint density at radius 3 is 2.61 bits per heavy atom. The van der Waals surface area contributed by atoms with E-state index in [0.29, 0.717) is 5.13 Å². The third-order valence-electron chi connectivity index (χ3n) is 2.21. The Hall–Kier alpha value is -2.21. The number of carbonyl (C=O) groups is 2. The molecule has 1 aromatic heterocycles. The summed E-state index contributed by atoms with van der Waals surface area (Å²) in [6.07, 6.45) is 0.270. The summed E-state index contributed by atoms with van der Waals surface area (Å²) in [4.78, 5) is 26.4. The first kappa shape index (κ1) is 12.3. The van der Waals surface area contributed by atoms with Crippen LogP contribution in [0, 0.1) is 0 Å². The smallest absolute Gasteiger partial charge is 0.268 e. The number of nitrogens with one attached hydrogen (secondary N) is 1. The lowest BCUT2D eigenvalue weighted by molar-refractivity contribution is -0.115. The molecule has 2 aromatic rings. The minimum atomic E-state index is -0.602. The van der Waals surface area contributed by atoms with Gasteiger partial charge in [-0.3, -0.25) is 9.59 Å². The maximum atomic E-state index is 11.7. The zero-order valence-electron chi connectivity index (χ0n) is 9.42. The first-order chi connectivity index (χ1) is 8.65. The summed E-state index contributed by atoms with van der Waals surface area (Å²) in [5.41, 5.74) is 6.15. The second-order valence-corrected chi connectivity index (χ2v) is 4.47. The van der Waals surface area contributed by atoms with Crippen molar-refractivity contribution in [3.63, 3.8) is 0 Å². The molecule has 0 spiro atoms. The van der Waals surface area contributed by atoms with Gasteiger partial charge >= 0.3 is 0 Å². The summed E-state index contributed by atoms with van der Waals surface area (Å²) in [7, 11) is 0. The molecule has 1 heterocycles. The van der Waals surface area contributed by atoms with Gasteiger partial charge in [-0.25, -0.2) is 4.98 Å². The number of anilines is 1. The Morgan fingerprint density at radius 2 is 2.00 bits per heavy atom. The molecule has 18 heavy (non-hydrogen) atoms. The van der Waals surface area contributed by atoms with E-state index in [4.69, 9.17) is 5.73 Å². The second kappa shape index (κ2) is 5.42. The Kier molecular flexibility index (Phi) is 3.69. The lowest BCUT2D eigenvalue weighted by Crippen LogP contribution is -2.15. The molecule has 2 rings (SSSR count). The number of carbonyl (C=O) groups excluding carboxylic acids is 2. The molecule has 1 aromatic carbocycles. The molecular weight excluding hydrogens is 250 g/mol. The number of amides is 2. The Bertz CT molecular complexity index is 566. The largest absolute Gasteiger partial charge is 0.364 e. The monoisotopic (exact) mass is 261 g/mol. The van der Waals surface area contributed by atoms with E-state index in [1.165, 1.54) is 16.7 Å². The second-order valence-electron chi connectivity index (χ2n) is 3.61. The van der Waals surface area contributed by atoms with E-state index in [2.05, 4.69) is 10.3 Å². The molecule has 0 aliphatic carbocycles. The van der Waals surface area contributed by atoms with Crippen molar-refractivity contribution in [3.8, 4) is 0 Å². The Labute approximate surface area is 108 Å². The van der Waals surface area contributed by atoms with E-state index in [9.17, 15) is 9.59 Å². The van der Waals surface area contributed by atoms with Crippen LogP contribution in [0.3, 0.4) is 0 Å². The SMILES string of the molecule is NC(=O)c1csc(NC(=O)Cc2ccccc2)n1. The summed E-state index contributed by atoms with van der Waals surface area (Å²) in [5, 5.41) is 4.52. The van der Waals surface area contributed by atoms with Crippen molar-refractivity contribution >= 4 is 28.3 Å². The van der Waals surface area contributed by atoms with E-state index in [1.54, 1.807) is 0 Å². The number of rotatable bonds is 4. The van der Waals surface area contributed by atoms with E-state index < -0.39 is 5.91 Å². The molecule has 0 atom stereocenters. The number of aromatic nitrogens is 1. The Morgan fingerprint density at radius 1 is 1.28 bits per heavy atom. The van der Waals surface area contributed by atoms with Gasteiger partial charge in [0.25, 0.3) is 5.91 Å². The molecule has 0 saturated carbocycles. The third kappa shape index (κ3) is 3.14. The van der Waals surface area contributed by atoms with Crippen molar-refractivity contribution in [2.24, 2.45) is 5.73 Å². The number of nitrogens with zero attached hydrogens (tertiary/aromatic N) is 1. The highest BCUT2D eigenvalue weighted by Crippen LogP contribution is 2.15. The molecule has 92 valence electrons. The van der Waals surface area contributed by atoms with E-state index in [0.717, 1.165) is 5.56 Å².